The second-order valence-corrected chi connectivity index (χ2v) is 4.94. The van der Waals surface area contributed by atoms with Crippen molar-refractivity contribution in [1.29, 1.82) is 0 Å². The van der Waals surface area contributed by atoms with Crippen molar-refractivity contribution in [3.63, 3.8) is 0 Å². The third kappa shape index (κ3) is 3.25. The first-order valence-electron chi connectivity index (χ1n) is 6.73. The summed E-state index contributed by atoms with van der Waals surface area (Å²) in [5, 5.41) is 18.3. The molecule has 1 aliphatic rings. The molecule has 0 radical (unpaired) electrons. The Kier molecular flexibility index (Phi) is 4.54. The minimum absolute atomic E-state index is 0.207. The van der Waals surface area contributed by atoms with Crippen LogP contribution < -0.4 is 5.32 Å². The van der Waals surface area contributed by atoms with E-state index in [2.05, 4.69) is 20.5 Å². The molecule has 2 heterocycles. The van der Waals surface area contributed by atoms with Crippen LogP contribution in [0.4, 0.5) is 4.79 Å². The van der Waals surface area contributed by atoms with E-state index < -0.39 is 12.0 Å². The van der Waals surface area contributed by atoms with Crippen molar-refractivity contribution in [3.8, 4) is 0 Å². The van der Waals surface area contributed by atoms with E-state index in [1.807, 2.05) is 6.92 Å². The van der Waals surface area contributed by atoms with Gasteiger partial charge in [0.1, 0.15) is 18.2 Å². The average Bonchev–Trinajstić information content (AvgIpc) is 2.97. The molecule has 0 saturated carbocycles. The highest BCUT2D eigenvalue weighted by atomic mass is 16.4. The zero-order valence-electron chi connectivity index (χ0n) is 11.4. The Balaban J connectivity index is 1.94. The predicted octanol–water partition coefficient (Wildman–Crippen LogP) is 0.589. The molecule has 0 spiro atoms. The van der Waals surface area contributed by atoms with Gasteiger partial charge in [-0.05, 0) is 18.8 Å². The molecule has 2 rings (SSSR count). The molecule has 1 aromatic rings. The average molecular weight is 281 g/mol. The van der Waals surface area contributed by atoms with Crippen LogP contribution in [0, 0.1) is 5.92 Å². The number of carbonyl (C=O) groups is 2. The van der Waals surface area contributed by atoms with Gasteiger partial charge < -0.3 is 15.3 Å². The van der Waals surface area contributed by atoms with Crippen molar-refractivity contribution in [3.05, 3.63) is 12.2 Å². The van der Waals surface area contributed by atoms with E-state index in [1.54, 1.807) is 0 Å². The molecule has 1 saturated heterocycles. The van der Waals surface area contributed by atoms with E-state index in [4.69, 9.17) is 0 Å². The summed E-state index contributed by atoms with van der Waals surface area (Å²) in [6.07, 6.45) is 3.66. The van der Waals surface area contributed by atoms with E-state index in [0.717, 1.165) is 12.8 Å². The molecule has 8 heteroatoms. The topological polar surface area (TPSA) is 111 Å². The highest BCUT2D eigenvalue weighted by Crippen LogP contribution is 2.25. The van der Waals surface area contributed by atoms with Gasteiger partial charge in [-0.25, -0.2) is 14.6 Å². The summed E-state index contributed by atoms with van der Waals surface area (Å²) in [5.41, 5.74) is 0. The maximum Gasteiger partial charge on any atom is 0.326 e. The van der Waals surface area contributed by atoms with Crippen LogP contribution in [0.25, 0.3) is 0 Å². The first kappa shape index (κ1) is 14.3. The van der Waals surface area contributed by atoms with Crippen molar-refractivity contribution in [2.45, 2.75) is 38.8 Å². The van der Waals surface area contributed by atoms with Crippen molar-refractivity contribution in [1.82, 2.24) is 25.4 Å². The van der Waals surface area contributed by atoms with Crippen LogP contribution in [0.15, 0.2) is 6.33 Å². The number of carboxylic acid groups (broad SMARTS) is 1. The van der Waals surface area contributed by atoms with Gasteiger partial charge in [-0.15, -0.1) is 0 Å². The van der Waals surface area contributed by atoms with Gasteiger partial charge >= 0.3 is 12.0 Å². The normalized spacial score (nSPS) is 22.6. The SMILES string of the molecule is CCC1CCN(C(=O)NCc2ncn[nH]2)C(C(=O)O)C1. The number of H-pyrrole nitrogens is 1. The Morgan fingerprint density at radius 3 is 3.00 bits per heavy atom. The number of likely N-dealkylation sites (tertiary alicyclic amines) is 1. The van der Waals surface area contributed by atoms with Crippen molar-refractivity contribution in [2.24, 2.45) is 5.92 Å². The van der Waals surface area contributed by atoms with Gasteiger partial charge in [0.2, 0.25) is 0 Å². The van der Waals surface area contributed by atoms with Gasteiger partial charge in [0.05, 0.1) is 6.54 Å². The quantitative estimate of drug-likeness (QED) is 0.748. The van der Waals surface area contributed by atoms with E-state index in [-0.39, 0.29) is 12.6 Å². The summed E-state index contributed by atoms with van der Waals surface area (Å²) >= 11 is 0. The number of hydrogen-bond donors (Lipinski definition) is 3. The summed E-state index contributed by atoms with van der Waals surface area (Å²) in [4.78, 5) is 28.7. The minimum atomic E-state index is -0.946. The highest BCUT2D eigenvalue weighted by molar-refractivity contribution is 5.82. The van der Waals surface area contributed by atoms with E-state index >= 15 is 0 Å². The fourth-order valence-corrected chi connectivity index (χ4v) is 2.46. The second-order valence-electron chi connectivity index (χ2n) is 4.94. The third-order valence-corrected chi connectivity index (χ3v) is 3.71. The molecule has 0 bridgehead atoms. The number of aromatic nitrogens is 3. The van der Waals surface area contributed by atoms with Gasteiger partial charge in [0, 0.05) is 6.54 Å². The summed E-state index contributed by atoms with van der Waals surface area (Å²) in [6.45, 7) is 2.72. The molecule has 1 aromatic heterocycles. The Bertz CT molecular complexity index is 462. The monoisotopic (exact) mass is 281 g/mol. The molecule has 1 aliphatic heterocycles. The third-order valence-electron chi connectivity index (χ3n) is 3.71. The van der Waals surface area contributed by atoms with Crippen molar-refractivity contribution in [2.75, 3.05) is 6.54 Å². The van der Waals surface area contributed by atoms with Crippen LogP contribution in [0.3, 0.4) is 0 Å². The molecule has 2 amide bonds. The van der Waals surface area contributed by atoms with Crippen molar-refractivity contribution >= 4 is 12.0 Å². The van der Waals surface area contributed by atoms with Crippen LogP contribution in [-0.2, 0) is 11.3 Å². The summed E-state index contributed by atoms with van der Waals surface area (Å²) in [6, 6.07) is -1.12. The maximum absolute atomic E-state index is 12.1. The van der Waals surface area contributed by atoms with Crippen LogP contribution in [0.2, 0.25) is 0 Å². The molecule has 0 aromatic carbocycles. The molecule has 0 aliphatic carbocycles. The number of carbonyl (C=O) groups excluding carboxylic acids is 1. The molecular weight excluding hydrogens is 262 g/mol. The largest absolute Gasteiger partial charge is 0.480 e. The number of rotatable bonds is 4. The van der Waals surface area contributed by atoms with Gasteiger partial charge in [0.15, 0.2) is 0 Å². The molecular formula is C12H19N5O3. The second kappa shape index (κ2) is 6.36. The van der Waals surface area contributed by atoms with Crippen LogP contribution >= 0.6 is 0 Å². The minimum Gasteiger partial charge on any atom is -0.480 e. The van der Waals surface area contributed by atoms with Gasteiger partial charge in [-0.3, -0.25) is 5.10 Å². The lowest BCUT2D eigenvalue weighted by Crippen LogP contribution is -2.53. The molecule has 8 nitrogen and oxygen atoms in total. The number of hydrogen-bond acceptors (Lipinski definition) is 4. The lowest BCUT2D eigenvalue weighted by Gasteiger charge is -2.36. The molecule has 2 unspecified atom stereocenters. The van der Waals surface area contributed by atoms with E-state index in [1.165, 1.54) is 11.2 Å². The first-order chi connectivity index (χ1) is 9.61. The zero-order chi connectivity index (χ0) is 14.5. The van der Waals surface area contributed by atoms with Gasteiger partial charge in [-0.1, -0.05) is 13.3 Å². The smallest absolute Gasteiger partial charge is 0.326 e. The lowest BCUT2D eigenvalue weighted by molar-refractivity contribution is -0.144. The fourth-order valence-electron chi connectivity index (χ4n) is 2.46. The Hall–Kier alpha value is -2.12. The Morgan fingerprint density at radius 1 is 1.60 bits per heavy atom. The summed E-state index contributed by atoms with van der Waals surface area (Å²) < 4.78 is 0. The van der Waals surface area contributed by atoms with E-state index in [9.17, 15) is 14.7 Å². The van der Waals surface area contributed by atoms with Crippen LogP contribution in [0.1, 0.15) is 32.0 Å². The van der Waals surface area contributed by atoms with Gasteiger partial charge in [-0.2, -0.15) is 5.10 Å². The number of nitrogens with zero attached hydrogens (tertiary/aromatic N) is 3. The molecule has 110 valence electrons. The lowest BCUT2D eigenvalue weighted by atomic mass is 9.89. The number of amides is 2. The molecule has 20 heavy (non-hydrogen) atoms. The fraction of sp³-hybridized carbons (Fsp3) is 0.667. The standard InChI is InChI=1S/C12H19N5O3/c1-2-8-3-4-17(9(5-8)11(18)19)12(20)13-6-10-14-7-15-16-10/h7-9H,2-6H2,1H3,(H,13,20)(H,18,19)(H,14,15,16). The van der Waals surface area contributed by atoms with Gasteiger partial charge in [0.25, 0.3) is 0 Å². The zero-order valence-corrected chi connectivity index (χ0v) is 11.4. The number of aliphatic carboxylic acids is 1. The predicted molar refractivity (Wildman–Crippen MR) is 69.8 cm³/mol. The van der Waals surface area contributed by atoms with Crippen LogP contribution in [-0.4, -0.2) is 49.8 Å². The highest BCUT2D eigenvalue weighted by Gasteiger charge is 2.35. The number of aromatic amines is 1. The molecule has 2 atom stereocenters. The van der Waals surface area contributed by atoms with Crippen molar-refractivity contribution < 1.29 is 14.7 Å². The molecule has 3 N–H and O–H groups in total. The number of nitrogens with one attached hydrogen (secondary N) is 2. The maximum atomic E-state index is 12.1. The molecule has 1 fully saturated rings. The summed E-state index contributed by atoms with van der Waals surface area (Å²) in [7, 11) is 0. The number of carboxylic acids is 1. The summed E-state index contributed by atoms with van der Waals surface area (Å²) in [5.74, 6) is -0.0407. The Labute approximate surface area is 116 Å². The Morgan fingerprint density at radius 2 is 2.40 bits per heavy atom. The number of urea groups is 1. The van der Waals surface area contributed by atoms with Crippen LogP contribution in [0.5, 0.6) is 0 Å². The first-order valence-corrected chi connectivity index (χ1v) is 6.73. The van der Waals surface area contributed by atoms with E-state index in [0.29, 0.717) is 24.7 Å². The number of piperidine rings is 1.